The van der Waals surface area contributed by atoms with E-state index in [1.54, 1.807) is 0 Å². The number of carbonyl (C=O) groups is 1. The van der Waals surface area contributed by atoms with Crippen molar-refractivity contribution in [2.75, 3.05) is 26.4 Å². The molecule has 1 amide bonds. The zero-order chi connectivity index (χ0) is 27.8. The number of ether oxygens (including phenoxy) is 3. The van der Waals surface area contributed by atoms with E-state index in [0.29, 0.717) is 25.7 Å². The molecule has 1 saturated heterocycles. The maximum Gasteiger partial charge on any atom is 0.407 e. The smallest absolute Gasteiger partial charge is 0.407 e. The van der Waals surface area contributed by atoms with Crippen molar-refractivity contribution in [1.29, 1.82) is 0 Å². The molecule has 224 valence electrons. The van der Waals surface area contributed by atoms with Crippen molar-refractivity contribution >= 4 is 6.09 Å². The van der Waals surface area contributed by atoms with Gasteiger partial charge < -0.3 is 19.5 Å². The lowest BCUT2D eigenvalue weighted by Crippen LogP contribution is -2.31. The van der Waals surface area contributed by atoms with E-state index in [9.17, 15) is 4.79 Å². The quantitative estimate of drug-likeness (QED) is 0.106. The van der Waals surface area contributed by atoms with Gasteiger partial charge >= 0.3 is 6.09 Å². The van der Waals surface area contributed by atoms with Gasteiger partial charge in [-0.1, -0.05) is 103 Å². The third-order valence-corrected chi connectivity index (χ3v) is 7.82. The van der Waals surface area contributed by atoms with Crippen LogP contribution >= 0.6 is 0 Å². The van der Waals surface area contributed by atoms with E-state index in [-0.39, 0.29) is 6.10 Å². The Bertz CT molecular complexity index is 712. The number of pyridine rings is 1. The zero-order valence-corrected chi connectivity index (χ0v) is 25.3. The van der Waals surface area contributed by atoms with Crippen molar-refractivity contribution in [1.82, 2.24) is 5.32 Å². The number of carbonyl (C=O) groups excluding carboxylic acids is 1. The van der Waals surface area contributed by atoms with Gasteiger partial charge in [0.15, 0.2) is 12.4 Å². The van der Waals surface area contributed by atoms with Gasteiger partial charge in [0, 0.05) is 31.2 Å². The van der Waals surface area contributed by atoms with Crippen LogP contribution in [0.2, 0.25) is 0 Å². The van der Waals surface area contributed by atoms with Crippen molar-refractivity contribution in [3.05, 3.63) is 30.1 Å². The first-order valence-corrected chi connectivity index (χ1v) is 16.3. The lowest BCUT2D eigenvalue weighted by Gasteiger charge is -2.11. The molecule has 0 saturated carbocycles. The molecule has 1 aromatic heterocycles. The van der Waals surface area contributed by atoms with Crippen molar-refractivity contribution in [2.24, 2.45) is 5.92 Å². The molecule has 1 aromatic rings. The Morgan fingerprint density at radius 1 is 0.846 bits per heavy atom. The number of rotatable bonds is 24. The highest BCUT2D eigenvalue weighted by Gasteiger charge is 2.26. The van der Waals surface area contributed by atoms with Crippen molar-refractivity contribution in [2.45, 2.75) is 142 Å². The Kier molecular flexibility index (Phi) is 19.9. The van der Waals surface area contributed by atoms with Crippen LogP contribution < -0.4 is 9.88 Å². The monoisotopic (exact) mass is 547 g/mol. The molecule has 0 aliphatic carbocycles. The average molecular weight is 548 g/mol. The minimum absolute atomic E-state index is 0.0277. The first-order chi connectivity index (χ1) is 19.2. The maximum absolute atomic E-state index is 12.0. The molecule has 6 nitrogen and oxygen atoms in total. The molecule has 1 N–H and O–H groups in total. The fourth-order valence-corrected chi connectivity index (χ4v) is 5.23. The number of amides is 1. The summed E-state index contributed by atoms with van der Waals surface area (Å²) in [6.45, 7) is 8.36. The summed E-state index contributed by atoms with van der Waals surface area (Å²) in [5.74, 6) is 0.400. The Hall–Kier alpha value is -1.66. The lowest BCUT2D eigenvalue weighted by molar-refractivity contribution is -0.693. The molecule has 2 atom stereocenters. The van der Waals surface area contributed by atoms with E-state index in [2.05, 4.69) is 23.7 Å². The van der Waals surface area contributed by atoms with Gasteiger partial charge in [-0.2, -0.15) is 0 Å². The molecule has 0 unspecified atom stereocenters. The molecule has 0 spiro atoms. The number of aryl methyl sites for hydroxylation is 1. The molecule has 6 heteroatoms. The van der Waals surface area contributed by atoms with E-state index < -0.39 is 6.09 Å². The summed E-state index contributed by atoms with van der Waals surface area (Å²) >= 11 is 0. The van der Waals surface area contributed by atoms with Crippen LogP contribution in [0.4, 0.5) is 4.79 Å². The molecule has 1 aliphatic rings. The van der Waals surface area contributed by atoms with E-state index in [0.717, 1.165) is 38.2 Å². The predicted octanol–water partition coefficient (Wildman–Crippen LogP) is 7.90. The van der Waals surface area contributed by atoms with Crippen LogP contribution in [0.25, 0.3) is 0 Å². The third kappa shape index (κ3) is 17.6. The number of alkyl carbamates (subject to hydrolysis) is 1. The van der Waals surface area contributed by atoms with Crippen LogP contribution in [-0.4, -0.2) is 38.6 Å². The van der Waals surface area contributed by atoms with Gasteiger partial charge in [-0.15, -0.1) is 0 Å². The molecule has 1 fully saturated rings. The van der Waals surface area contributed by atoms with Crippen LogP contribution in [-0.2, 0) is 27.3 Å². The molecular weight excluding hydrogens is 488 g/mol. The lowest BCUT2D eigenvalue weighted by atomic mass is 10.0. The van der Waals surface area contributed by atoms with Gasteiger partial charge in [0.25, 0.3) is 0 Å². The number of hydrogen-bond donors (Lipinski definition) is 1. The van der Waals surface area contributed by atoms with Gasteiger partial charge in [-0.05, 0) is 25.3 Å². The highest BCUT2D eigenvalue weighted by molar-refractivity contribution is 5.67. The van der Waals surface area contributed by atoms with Crippen molar-refractivity contribution in [3.8, 4) is 0 Å². The van der Waals surface area contributed by atoms with E-state index >= 15 is 0 Å². The van der Waals surface area contributed by atoms with Gasteiger partial charge in [0.2, 0.25) is 0 Å². The summed E-state index contributed by atoms with van der Waals surface area (Å²) in [6, 6.07) is 4.02. The first kappa shape index (κ1) is 33.5. The number of hydrogen-bond acceptors (Lipinski definition) is 4. The normalized spacial score (nSPS) is 17.0. The molecule has 1 aliphatic heterocycles. The second kappa shape index (κ2) is 23.1. The molecule has 0 bridgehead atoms. The van der Waals surface area contributed by atoms with E-state index in [1.807, 2.05) is 24.5 Å². The molecule has 2 heterocycles. The predicted molar refractivity (Wildman–Crippen MR) is 159 cm³/mol. The summed E-state index contributed by atoms with van der Waals surface area (Å²) in [5.41, 5.74) is 1.05. The number of aromatic nitrogens is 1. The van der Waals surface area contributed by atoms with Crippen LogP contribution in [0.1, 0.15) is 129 Å². The topological polar surface area (TPSA) is 60.7 Å². The van der Waals surface area contributed by atoms with Crippen LogP contribution in [0.3, 0.4) is 0 Å². The fourth-order valence-electron chi connectivity index (χ4n) is 5.23. The second-order valence-electron chi connectivity index (χ2n) is 11.4. The maximum atomic E-state index is 12.0. The van der Waals surface area contributed by atoms with Crippen molar-refractivity contribution in [3.63, 3.8) is 0 Å². The Balaban J connectivity index is 1.31. The molecule has 2 rings (SSSR count). The third-order valence-electron chi connectivity index (χ3n) is 7.82. The SMILES string of the molecule is CCCCCCCCCCCCCCCCCCOC[C@@H]1CO[C@@H](COC(=O)NCc2cc[n+](CC)cc2)C1. The van der Waals surface area contributed by atoms with Gasteiger partial charge in [-0.25, -0.2) is 9.36 Å². The zero-order valence-electron chi connectivity index (χ0n) is 25.3. The van der Waals surface area contributed by atoms with Crippen LogP contribution in [0, 0.1) is 5.92 Å². The van der Waals surface area contributed by atoms with Gasteiger partial charge in [-0.3, -0.25) is 0 Å². The summed E-state index contributed by atoms with van der Waals surface area (Å²) in [4.78, 5) is 12.0. The number of nitrogens with one attached hydrogen (secondary N) is 1. The summed E-state index contributed by atoms with van der Waals surface area (Å²) < 4.78 is 19.2. The highest BCUT2D eigenvalue weighted by Crippen LogP contribution is 2.20. The minimum atomic E-state index is -0.394. The minimum Gasteiger partial charge on any atom is -0.447 e. The standard InChI is InChI=1S/C33H58N2O4/c1-3-5-6-7-8-9-10-11-12-13-14-15-16-17-18-19-24-37-27-31-25-32(38-28-31)29-39-33(36)34-26-30-20-22-35(4-2)23-21-30/h20-23,31-32H,3-19,24-29H2,1-2H3/p+1/t31-,32-/m1/s1. The Morgan fingerprint density at radius 2 is 1.41 bits per heavy atom. The van der Waals surface area contributed by atoms with Crippen LogP contribution in [0.15, 0.2) is 24.5 Å². The largest absolute Gasteiger partial charge is 0.447 e. The Labute approximate surface area is 239 Å². The summed E-state index contributed by atoms with van der Waals surface area (Å²) in [6.07, 6.45) is 26.7. The molecular formula is C33H59N2O4+. The average Bonchev–Trinajstić information content (AvgIpc) is 3.42. The van der Waals surface area contributed by atoms with E-state index in [4.69, 9.17) is 14.2 Å². The first-order valence-electron chi connectivity index (χ1n) is 16.3. The Morgan fingerprint density at radius 3 is 1.97 bits per heavy atom. The van der Waals surface area contributed by atoms with Crippen molar-refractivity contribution < 1.29 is 23.6 Å². The fraction of sp³-hybridized carbons (Fsp3) is 0.818. The molecule has 39 heavy (non-hydrogen) atoms. The molecule has 0 radical (unpaired) electrons. The molecule has 0 aromatic carbocycles. The van der Waals surface area contributed by atoms with Crippen LogP contribution in [0.5, 0.6) is 0 Å². The summed E-state index contributed by atoms with van der Waals surface area (Å²) in [5, 5.41) is 2.81. The van der Waals surface area contributed by atoms with E-state index in [1.165, 1.54) is 96.3 Å². The number of unbranched alkanes of at least 4 members (excludes halogenated alkanes) is 15. The van der Waals surface area contributed by atoms with Gasteiger partial charge in [0.05, 0.1) is 19.3 Å². The van der Waals surface area contributed by atoms with Gasteiger partial charge in [0.1, 0.15) is 13.2 Å². The second-order valence-corrected chi connectivity index (χ2v) is 11.4. The summed E-state index contributed by atoms with van der Waals surface area (Å²) in [7, 11) is 0. The highest BCUT2D eigenvalue weighted by atomic mass is 16.6. The number of nitrogens with zero attached hydrogens (tertiary/aromatic N) is 1.